The fraction of sp³-hybridized carbons (Fsp3) is 0.182. The van der Waals surface area contributed by atoms with Gasteiger partial charge < -0.3 is 4.74 Å². The van der Waals surface area contributed by atoms with Crippen LogP contribution in [-0.2, 0) is 11.8 Å². The van der Waals surface area contributed by atoms with Crippen molar-refractivity contribution >= 4 is 11.7 Å². The number of non-ortho nitro benzene ring substituents is 1. The van der Waals surface area contributed by atoms with E-state index in [2.05, 4.69) is 15.0 Å². The normalized spacial score (nSPS) is 10.2. The van der Waals surface area contributed by atoms with Crippen LogP contribution in [0.2, 0.25) is 0 Å². The zero-order chi connectivity index (χ0) is 14.0. The van der Waals surface area contributed by atoms with Crippen molar-refractivity contribution in [1.29, 1.82) is 0 Å². The molecule has 8 heteroatoms. The molecule has 0 amide bonds. The Hall–Kier alpha value is -2.77. The largest absolute Gasteiger partial charge is 0.465 e. The topological polar surface area (TPSA) is 100 Å². The highest BCUT2D eigenvalue weighted by molar-refractivity contribution is 5.91. The van der Waals surface area contributed by atoms with E-state index >= 15 is 0 Å². The number of nitro benzene ring substituents is 1. The Balaban J connectivity index is 2.61. The van der Waals surface area contributed by atoms with E-state index in [0.717, 1.165) is 0 Å². The number of rotatable bonds is 3. The standard InChI is InChI=1S/C11H10N4O4/c1-14-10(6-12-13-14)7-3-8(11(16)19-2)5-9(4-7)15(17)18/h3-6H,1-2H3. The van der Waals surface area contributed by atoms with Gasteiger partial charge in [0.15, 0.2) is 0 Å². The van der Waals surface area contributed by atoms with E-state index in [9.17, 15) is 14.9 Å². The predicted octanol–water partition coefficient (Wildman–Crippen LogP) is 1.18. The number of hydrogen-bond donors (Lipinski definition) is 0. The summed E-state index contributed by atoms with van der Waals surface area (Å²) in [5, 5.41) is 18.3. The Kier molecular flexibility index (Phi) is 3.23. The Morgan fingerprint density at radius 2 is 2.16 bits per heavy atom. The number of methoxy groups -OCH3 is 1. The van der Waals surface area contributed by atoms with Crippen molar-refractivity contribution in [3.63, 3.8) is 0 Å². The SMILES string of the molecule is COC(=O)c1cc(-c2cnnn2C)cc([N+](=O)[O-])c1. The first-order valence-corrected chi connectivity index (χ1v) is 5.25. The number of aromatic nitrogens is 3. The summed E-state index contributed by atoms with van der Waals surface area (Å²) >= 11 is 0. The van der Waals surface area contributed by atoms with Gasteiger partial charge in [-0.1, -0.05) is 5.21 Å². The van der Waals surface area contributed by atoms with Crippen LogP contribution in [0.5, 0.6) is 0 Å². The summed E-state index contributed by atoms with van der Waals surface area (Å²) in [6.07, 6.45) is 1.46. The second-order valence-corrected chi connectivity index (χ2v) is 3.76. The Morgan fingerprint density at radius 3 is 2.68 bits per heavy atom. The number of benzene rings is 1. The van der Waals surface area contributed by atoms with Gasteiger partial charge in [0.05, 0.1) is 29.5 Å². The summed E-state index contributed by atoms with van der Waals surface area (Å²) in [6, 6.07) is 4.02. The van der Waals surface area contributed by atoms with Gasteiger partial charge in [-0.2, -0.15) is 0 Å². The van der Waals surface area contributed by atoms with Crippen molar-refractivity contribution in [1.82, 2.24) is 15.0 Å². The molecular weight excluding hydrogens is 252 g/mol. The van der Waals surface area contributed by atoms with Crippen molar-refractivity contribution in [2.24, 2.45) is 7.05 Å². The maximum Gasteiger partial charge on any atom is 0.338 e. The highest BCUT2D eigenvalue weighted by Crippen LogP contribution is 2.25. The summed E-state index contributed by atoms with van der Waals surface area (Å²) in [5.74, 6) is -0.639. The van der Waals surface area contributed by atoms with E-state index in [0.29, 0.717) is 11.3 Å². The molecule has 0 aliphatic carbocycles. The van der Waals surface area contributed by atoms with Gasteiger partial charge in [-0.3, -0.25) is 10.1 Å². The van der Waals surface area contributed by atoms with Crippen molar-refractivity contribution in [3.8, 4) is 11.3 Å². The number of aryl methyl sites for hydroxylation is 1. The Labute approximate surface area is 107 Å². The molecule has 1 aromatic carbocycles. The average Bonchev–Trinajstić information content (AvgIpc) is 2.83. The van der Waals surface area contributed by atoms with Crippen molar-refractivity contribution in [3.05, 3.63) is 40.1 Å². The molecule has 0 fully saturated rings. The molecule has 19 heavy (non-hydrogen) atoms. The summed E-state index contributed by atoms with van der Waals surface area (Å²) in [4.78, 5) is 21.8. The Morgan fingerprint density at radius 1 is 1.42 bits per heavy atom. The number of nitro groups is 1. The van der Waals surface area contributed by atoms with Crippen molar-refractivity contribution in [2.75, 3.05) is 7.11 Å². The van der Waals surface area contributed by atoms with E-state index in [1.807, 2.05) is 0 Å². The molecule has 0 aliphatic heterocycles. The quantitative estimate of drug-likeness (QED) is 0.467. The fourth-order valence-corrected chi connectivity index (χ4v) is 1.65. The summed E-state index contributed by atoms with van der Waals surface area (Å²) in [5.41, 5.74) is 0.947. The molecule has 98 valence electrons. The first-order chi connectivity index (χ1) is 9.02. The lowest BCUT2D eigenvalue weighted by Crippen LogP contribution is -2.03. The molecule has 0 unspecified atom stereocenters. The van der Waals surface area contributed by atoms with Crippen LogP contribution in [0.25, 0.3) is 11.3 Å². The number of nitrogens with zero attached hydrogens (tertiary/aromatic N) is 4. The van der Waals surface area contributed by atoms with E-state index in [4.69, 9.17) is 0 Å². The summed E-state index contributed by atoms with van der Waals surface area (Å²) in [7, 11) is 2.87. The van der Waals surface area contributed by atoms with Gasteiger partial charge in [-0.15, -0.1) is 5.10 Å². The van der Waals surface area contributed by atoms with Crippen LogP contribution in [0.15, 0.2) is 24.4 Å². The van der Waals surface area contributed by atoms with Crippen LogP contribution in [0.1, 0.15) is 10.4 Å². The van der Waals surface area contributed by atoms with Gasteiger partial charge in [0.2, 0.25) is 0 Å². The average molecular weight is 262 g/mol. The van der Waals surface area contributed by atoms with Crippen molar-refractivity contribution < 1.29 is 14.5 Å². The molecule has 0 aliphatic rings. The minimum absolute atomic E-state index is 0.105. The summed E-state index contributed by atoms with van der Waals surface area (Å²) < 4.78 is 6.03. The minimum Gasteiger partial charge on any atom is -0.465 e. The zero-order valence-corrected chi connectivity index (χ0v) is 10.2. The number of hydrogen-bond acceptors (Lipinski definition) is 6. The lowest BCUT2D eigenvalue weighted by molar-refractivity contribution is -0.384. The van der Waals surface area contributed by atoms with Gasteiger partial charge in [0.1, 0.15) is 0 Å². The third kappa shape index (κ3) is 2.41. The lowest BCUT2D eigenvalue weighted by atomic mass is 10.1. The molecule has 0 atom stereocenters. The maximum absolute atomic E-state index is 11.5. The first-order valence-electron chi connectivity index (χ1n) is 5.25. The lowest BCUT2D eigenvalue weighted by Gasteiger charge is -2.04. The van der Waals surface area contributed by atoms with Gasteiger partial charge >= 0.3 is 5.97 Å². The van der Waals surface area contributed by atoms with Gasteiger partial charge in [-0.05, 0) is 6.07 Å². The van der Waals surface area contributed by atoms with Crippen LogP contribution < -0.4 is 0 Å². The molecular formula is C11H10N4O4. The zero-order valence-electron chi connectivity index (χ0n) is 10.2. The third-order valence-electron chi connectivity index (χ3n) is 2.56. The molecule has 0 N–H and O–H groups in total. The molecule has 2 aromatic rings. The number of ether oxygens (including phenoxy) is 1. The second-order valence-electron chi connectivity index (χ2n) is 3.76. The molecule has 0 radical (unpaired) electrons. The highest BCUT2D eigenvalue weighted by atomic mass is 16.6. The van der Waals surface area contributed by atoms with Crippen molar-refractivity contribution in [2.45, 2.75) is 0 Å². The molecule has 0 saturated carbocycles. The van der Waals surface area contributed by atoms with Crippen LogP contribution >= 0.6 is 0 Å². The van der Waals surface area contributed by atoms with E-state index in [1.54, 1.807) is 7.05 Å². The van der Waals surface area contributed by atoms with E-state index in [-0.39, 0.29) is 11.3 Å². The minimum atomic E-state index is -0.639. The highest BCUT2D eigenvalue weighted by Gasteiger charge is 2.17. The third-order valence-corrected chi connectivity index (χ3v) is 2.56. The molecule has 1 heterocycles. The van der Waals surface area contributed by atoms with Gasteiger partial charge in [-0.25, -0.2) is 9.48 Å². The van der Waals surface area contributed by atoms with Crippen LogP contribution in [-0.4, -0.2) is 33.0 Å². The number of esters is 1. The monoisotopic (exact) mass is 262 g/mol. The fourth-order valence-electron chi connectivity index (χ4n) is 1.65. The van der Waals surface area contributed by atoms with Crippen LogP contribution in [0.4, 0.5) is 5.69 Å². The molecule has 1 aromatic heterocycles. The molecule has 0 bridgehead atoms. The summed E-state index contributed by atoms with van der Waals surface area (Å²) in [6.45, 7) is 0. The van der Waals surface area contributed by atoms with Crippen LogP contribution in [0, 0.1) is 10.1 Å². The maximum atomic E-state index is 11.5. The van der Waals surface area contributed by atoms with E-state index < -0.39 is 10.9 Å². The molecule has 0 saturated heterocycles. The van der Waals surface area contributed by atoms with Crippen LogP contribution in [0.3, 0.4) is 0 Å². The smallest absolute Gasteiger partial charge is 0.338 e. The van der Waals surface area contributed by atoms with Gasteiger partial charge in [0.25, 0.3) is 5.69 Å². The number of carbonyl (C=O) groups is 1. The number of carbonyl (C=O) groups excluding carboxylic acids is 1. The Bertz CT molecular complexity index is 650. The van der Waals surface area contributed by atoms with Gasteiger partial charge in [0, 0.05) is 24.7 Å². The second kappa shape index (κ2) is 4.84. The molecule has 0 spiro atoms. The predicted molar refractivity (Wildman–Crippen MR) is 64.4 cm³/mol. The van der Waals surface area contributed by atoms with E-state index in [1.165, 1.54) is 36.2 Å². The molecule has 2 rings (SSSR count). The molecule has 8 nitrogen and oxygen atoms in total. The first kappa shape index (κ1) is 12.7.